The molecule has 150 valence electrons. The molecular weight excluding hydrogens is 342 g/mol. The van der Waals surface area contributed by atoms with Crippen LogP contribution in [0.5, 0.6) is 0 Å². The maximum atomic E-state index is 12.6. The predicted octanol–water partition coefficient (Wildman–Crippen LogP) is 2.17. The largest absolute Gasteiger partial charge is 0.368 e. The van der Waals surface area contributed by atoms with Crippen molar-refractivity contribution in [3.63, 3.8) is 0 Å². The minimum Gasteiger partial charge on any atom is -0.368 e. The van der Waals surface area contributed by atoms with Crippen LogP contribution < -0.4 is 16.4 Å². The summed E-state index contributed by atoms with van der Waals surface area (Å²) in [4.78, 5) is 35.9. The lowest BCUT2D eigenvalue weighted by atomic mass is 9.82. The van der Waals surface area contributed by atoms with Gasteiger partial charge in [-0.05, 0) is 23.3 Å². The van der Waals surface area contributed by atoms with Crippen molar-refractivity contribution in [1.29, 1.82) is 0 Å². The van der Waals surface area contributed by atoms with Gasteiger partial charge in [0.05, 0.1) is 6.54 Å². The summed E-state index contributed by atoms with van der Waals surface area (Å²) in [5.74, 6) is -0.620. The molecule has 1 atom stereocenters. The van der Waals surface area contributed by atoms with E-state index >= 15 is 0 Å². The maximum absolute atomic E-state index is 12.6. The Bertz CT molecular complexity index is 627. The number of nitrogens with two attached hydrogens (primary N) is 1. The monoisotopic (exact) mass is 375 g/mol. The zero-order valence-electron chi connectivity index (χ0n) is 16.9. The third-order valence-electron chi connectivity index (χ3n) is 4.41. The van der Waals surface area contributed by atoms with E-state index in [1.54, 1.807) is 0 Å². The molecule has 4 N–H and O–H groups in total. The molecule has 3 amide bonds. The molecule has 0 aromatic heterocycles. The summed E-state index contributed by atoms with van der Waals surface area (Å²) in [6.45, 7) is 8.20. The third-order valence-corrected chi connectivity index (χ3v) is 4.41. The van der Waals surface area contributed by atoms with Gasteiger partial charge >= 0.3 is 0 Å². The first-order valence-electron chi connectivity index (χ1n) is 9.48. The van der Waals surface area contributed by atoms with Gasteiger partial charge in [0.25, 0.3) is 0 Å². The summed E-state index contributed by atoms with van der Waals surface area (Å²) in [5.41, 5.74) is 5.88. The highest BCUT2D eigenvalue weighted by atomic mass is 16.2. The number of benzene rings is 1. The van der Waals surface area contributed by atoms with Crippen molar-refractivity contribution in [2.24, 2.45) is 17.1 Å². The van der Waals surface area contributed by atoms with Crippen molar-refractivity contribution in [1.82, 2.24) is 10.6 Å². The fourth-order valence-corrected chi connectivity index (χ4v) is 2.80. The minimum absolute atomic E-state index is 0.144. The van der Waals surface area contributed by atoms with Crippen LogP contribution in [0.4, 0.5) is 0 Å². The van der Waals surface area contributed by atoms with Crippen LogP contribution in [0.2, 0.25) is 0 Å². The van der Waals surface area contributed by atoms with Crippen LogP contribution in [0.3, 0.4) is 0 Å². The predicted molar refractivity (Wildman–Crippen MR) is 107 cm³/mol. The van der Waals surface area contributed by atoms with Crippen molar-refractivity contribution in [3.8, 4) is 0 Å². The van der Waals surface area contributed by atoms with Crippen LogP contribution in [0.15, 0.2) is 30.3 Å². The molecule has 1 rings (SSSR count). The topological polar surface area (TPSA) is 101 Å². The van der Waals surface area contributed by atoms with Crippen molar-refractivity contribution in [2.75, 3.05) is 6.54 Å². The molecule has 0 aliphatic heterocycles. The summed E-state index contributed by atoms with van der Waals surface area (Å²) in [6, 6.07) is 8.69. The Balaban J connectivity index is 2.75. The van der Waals surface area contributed by atoms with Gasteiger partial charge in [0.1, 0.15) is 6.04 Å². The molecule has 0 fully saturated rings. The second-order valence-corrected chi connectivity index (χ2v) is 8.27. The summed E-state index contributed by atoms with van der Waals surface area (Å²) in [6.07, 6.45) is 2.68. The van der Waals surface area contributed by atoms with Gasteiger partial charge in [0, 0.05) is 12.8 Å². The number of amides is 3. The summed E-state index contributed by atoms with van der Waals surface area (Å²) in [5, 5.41) is 5.31. The molecule has 0 saturated carbocycles. The van der Waals surface area contributed by atoms with Crippen molar-refractivity contribution in [2.45, 2.75) is 59.4 Å². The lowest BCUT2D eigenvalue weighted by molar-refractivity contribution is -0.130. The van der Waals surface area contributed by atoms with E-state index in [0.717, 1.165) is 18.4 Å². The number of primary amides is 1. The number of hydrogen-bond donors (Lipinski definition) is 3. The Morgan fingerprint density at radius 1 is 1.11 bits per heavy atom. The van der Waals surface area contributed by atoms with Gasteiger partial charge < -0.3 is 16.4 Å². The first-order valence-corrected chi connectivity index (χ1v) is 9.48. The van der Waals surface area contributed by atoms with Gasteiger partial charge in [-0.2, -0.15) is 0 Å². The smallest absolute Gasteiger partial charge is 0.243 e. The summed E-state index contributed by atoms with van der Waals surface area (Å²) >= 11 is 0. The zero-order chi connectivity index (χ0) is 20.4. The molecule has 0 aliphatic rings. The van der Waals surface area contributed by atoms with Gasteiger partial charge in [-0.1, -0.05) is 64.4 Å². The molecule has 0 aliphatic carbocycles. The second-order valence-electron chi connectivity index (χ2n) is 8.27. The number of carbonyl (C=O) groups is 3. The molecule has 1 aromatic carbocycles. The quantitative estimate of drug-likeness (QED) is 0.552. The summed E-state index contributed by atoms with van der Waals surface area (Å²) < 4.78 is 0. The van der Waals surface area contributed by atoms with Gasteiger partial charge in [-0.15, -0.1) is 0 Å². The first kappa shape index (κ1) is 22.7. The normalized spacial score (nSPS) is 12.5. The molecule has 0 heterocycles. The molecular formula is C21H33N3O3. The molecule has 0 saturated heterocycles. The number of carbonyl (C=O) groups excluding carboxylic acids is 3. The fourth-order valence-electron chi connectivity index (χ4n) is 2.80. The Morgan fingerprint density at radius 2 is 1.74 bits per heavy atom. The van der Waals surface area contributed by atoms with E-state index in [4.69, 9.17) is 5.73 Å². The summed E-state index contributed by atoms with van der Waals surface area (Å²) in [7, 11) is 0. The second kappa shape index (κ2) is 10.7. The van der Waals surface area contributed by atoms with Gasteiger partial charge in [0.2, 0.25) is 17.7 Å². The van der Waals surface area contributed by atoms with Crippen LogP contribution in [0, 0.1) is 11.3 Å². The molecule has 1 unspecified atom stereocenters. The first-order chi connectivity index (χ1) is 12.6. The third kappa shape index (κ3) is 9.78. The average molecular weight is 376 g/mol. The molecule has 0 radical (unpaired) electrons. The van der Waals surface area contributed by atoms with Crippen LogP contribution in [-0.4, -0.2) is 30.3 Å². The van der Waals surface area contributed by atoms with E-state index in [0.29, 0.717) is 18.8 Å². The van der Waals surface area contributed by atoms with Crippen molar-refractivity contribution < 1.29 is 14.4 Å². The maximum Gasteiger partial charge on any atom is 0.243 e. The Labute approximate surface area is 162 Å². The van der Waals surface area contributed by atoms with Gasteiger partial charge in [0.15, 0.2) is 0 Å². The standard InChI is InChI=1S/C21H33N3O3/c1-15(2)10-11-21(3,4)13-19(26)24-17(20(27)23-14-18(22)25)12-16-8-6-5-7-9-16/h5-9,15,17H,10-14H2,1-4H3,(H2,22,25)(H,23,27)(H,24,26). The number of hydrogen-bond acceptors (Lipinski definition) is 3. The molecule has 6 nitrogen and oxygen atoms in total. The lowest BCUT2D eigenvalue weighted by Crippen LogP contribution is -2.50. The van der Waals surface area contributed by atoms with Gasteiger partial charge in [-0.3, -0.25) is 14.4 Å². The van der Waals surface area contributed by atoms with Crippen LogP contribution in [-0.2, 0) is 20.8 Å². The minimum atomic E-state index is -0.750. The van der Waals surface area contributed by atoms with Crippen molar-refractivity contribution in [3.05, 3.63) is 35.9 Å². The Hall–Kier alpha value is -2.37. The lowest BCUT2D eigenvalue weighted by Gasteiger charge is -2.26. The van der Waals surface area contributed by atoms with E-state index in [1.807, 2.05) is 30.3 Å². The van der Waals surface area contributed by atoms with Gasteiger partial charge in [-0.25, -0.2) is 0 Å². The highest BCUT2D eigenvalue weighted by Crippen LogP contribution is 2.28. The average Bonchev–Trinajstić information content (AvgIpc) is 2.58. The highest BCUT2D eigenvalue weighted by Gasteiger charge is 2.26. The SMILES string of the molecule is CC(C)CCC(C)(C)CC(=O)NC(Cc1ccccc1)C(=O)NCC(N)=O. The number of rotatable bonds is 11. The molecule has 1 aromatic rings. The van der Waals surface area contributed by atoms with E-state index < -0.39 is 17.9 Å². The molecule has 27 heavy (non-hydrogen) atoms. The molecule has 0 bridgehead atoms. The van der Waals surface area contributed by atoms with Crippen LogP contribution in [0.25, 0.3) is 0 Å². The van der Waals surface area contributed by atoms with E-state index in [1.165, 1.54) is 0 Å². The molecule has 6 heteroatoms. The molecule has 0 spiro atoms. The highest BCUT2D eigenvalue weighted by molar-refractivity contribution is 5.90. The van der Waals surface area contributed by atoms with E-state index in [2.05, 4.69) is 38.3 Å². The van der Waals surface area contributed by atoms with E-state index in [-0.39, 0.29) is 17.9 Å². The van der Waals surface area contributed by atoms with Crippen LogP contribution in [0.1, 0.15) is 52.5 Å². The van der Waals surface area contributed by atoms with E-state index in [9.17, 15) is 14.4 Å². The zero-order valence-corrected chi connectivity index (χ0v) is 16.9. The van der Waals surface area contributed by atoms with Crippen LogP contribution >= 0.6 is 0 Å². The Kier molecular flexibility index (Phi) is 8.98. The fraction of sp³-hybridized carbons (Fsp3) is 0.571. The number of nitrogens with one attached hydrogen (secondary N) is 2. The van der Waals surface area contributed by atoms with Crippen molar-refractivity contribution >= 4 is 17.7 Å². The Morgan fingerprint density at radius 3 is 2.30 bits per heavy atom.